The predicted octanol–water partition coefficient (Wildman–Crippen LogP) is 2.21. The van der Waals surface area contributed by atoms with Crippen LogP contribution in [0.3, 0.4) is 0 Å². The van der Waals surface area contributed by atoms with Crippen LogP contribution in [0.5, 0.6) is 0 Å². The van der Waals surface area contributed by atoms with Crippen LogP contribution >= 0.6 is 0 Å². The molecule has 0 bridgehead atoms. The Morgan fingerprint density at radius 1 is 1.06 bits per heavy atom. The number of para-hydroxylation sites is 1. The van der Waals surface area contributed by atoms with Gasteiger partial charge in [-0.25, -0.2) is 4.79 Å². The van der Waals surface area contributed by atoms with Crippen molar-refractivity contribution < 1.29 is 28.7 Å². The molecule has 2 aromatic carbocycles. The van der Waals surface area contributed by atoms with Gasteiger partial charge in [0, 0.05) is 18.8 Å². The van der Waals surface area contributed by atoms with Crippen LogP contribution in [0.15, 0.2) is 42.5 Å². The van der Waals surface area contributed by atoms with Crippen LogP contribution in [0.25, 0.3) is 0 Å². The van der Waals surface area contributed by atoms with Gasteiger partial charge >= 0.3 is 5.97 Å². The van der Waals surface area contributed by atoms with Crippen molar-refractivity contribution in [2.45, 2.75) is 25.4 Å². The Labute approximate surface area is 184 Å². The van der Waals surface area contributed by atoms with Crippen molar-refractivity contribution in [2.75, 3.05) is 31.2 Å². The summed E-state index contributed by atoms with van der Waals surface area (Å²) in [6, 6.07) is 11.9. The molecule has 3 aliphatic heterocycles. The van der Waals surface area contributed by atoms with E-state index in [1.54, 1.807) is 4.90 Å². The van der Waals surface area contributed by atoms with Crippen LogP contribution in [0.2, 0.25) is 0 Å². The van der Waals surface area contributed by atoms with Crippen LogP contribution in [0.1, 0.15) is 49.5 Å². The lowest BCUT2D eigenvalue weighted by atomic mass is 10.1. The second-order valence-electron chi connectivity index (χ2n) is 8.12. The van der Waals surface area contributed by atoms with Crippen LogP contribution in [-0.2, 0) is 20.7 Å². The normalized spacial score (nSPS) is 19.3. The first-order valence-electron chi connectivity index (χ1n) is 10.7. The lowest BCUT2D eigenvalue weighted by molar-refractivity contribution is -0.121. The molecule has 3 aliphatic rings. The number of rotatable bonds is 5. The zero-order chi connectivity index (χ0) is 22.2. The number of imide groups is 1. The highest BCUT2D eigenvalue weighted by Crippen LogP contribution is 2.28. The molecule has 2 aromatic rings. The number of carbonyl (C=O) groups is 4. The van der Waals surface area contributed by atoms with E-state index in [4.69, 9.17) is 9.47 Å². The predicted molar refractivity (Wildman–Crippen MR) is 114 cm³/mol. The van der Waals surface area contributed by atoms with Gasteiger partial charge in [0.2, 0.25) is 0 Å². The summed E-state index contributed by atoms with van der Waals surface area (Å²) in [5.74, 6) is -1.85. The molecule has 32 heavy (non-hydrogen) atoms. The quantitative estimate of drug-likeness (QED) is 0.529. The Bertz CT molecular complexity index is 1120. The number of nitrogens with zero attached hydrogens (tertiary/aromatic N) is 2. The molecule has 1 saturated heterocycles. The third kappa shape index (κ3) is 3.56. The zero-order valence-electron chi connectivity index (χ0n) is 17.4. The minimum absolute atomic E-state index is 0.124. The Kier molecular flexibility index (Phi) is 5.22. The van der Waals surface area contributed by atoms with E-state index in [0.29, 0.717) is 13.2 Å². The Hall–Kier alpha value is -3.52. The highest BCUT2D eigenvalue weighted by molar-refractivity contribution is 6.22. The van der Waals surface area contributed by atoms with Crippen molar-refractivity contribution in [3.05, 3.63) is 64.7 Å². The lowest BCUT2D eigenvalue weighted by Crippen LogP contribution is -2.36. The first-order chi connectivity index (χ1) is 15.5. The molecule has 1 unspecified atom stereocenters. The van der Waals surface area contributed by atoms with Crippen molar-refractivity contribution in [1.82, 2.24) is 4.90 Å². The van der Waals surface area contributed by atoms with E-state index in [0.717, 1.165) is 30.5 Å². The van der Waals surface area contributed by atoms with E-state index in [2.05, 4.69) is 0 Å². The van der Waals surface area contributed by atoms with Gasteiger partial charge < -0.3 is 14.4 Å². The second kappa shape index (κ2) is 8.20. The number of anilines is 1. The van der Waals surface area contributed by atoms with Gasteiger partial charge in [0.25, 0.3) is 17.7 Å². The molecule has 0 aromatic heterocycles. The van der Waals surface area contributed by atoms with Gasteiger partial charge in [0.1, 0.15) is 0 Å². The molecule has 8 nitrogen and oxygen atoms in total. The Morgan fingerprint density at radius 3 is 2.69 bits per heavy atom. The average Bonchev–Trinajstić information content (AvgIpc) is 3.53. The third-order valence-electron chi connectivity index (χ3n) is 6.13. The SMILES string of the molecule is O=C(OCC(=O)N1CCc2ccccc21)c1ccc2c(c1)C(=O)N(CC1CCCO1)C2=O. The topological polar surface area (TPSA) is 93.2 Å². The molecular formula is C24H22N2O6. The maximum absolute atomic E-state index is 12.8. The van der Waals surface area contributed by atoms with Crippen molar-refractivity contribution in [1.29, 1.82) is 0 Å². The molecule has 1 fully saturated rings. The molecule has 0 radical (unpaired) electrons. The molecule has 0 aliphatic carbocycles. The Morgan fingerprint density at radius 2 is 1.88 bits per heavy atom. The van der Waals surface area contributed by atoms with E-state index >= 15 is 0 Å². The van der Waals surface area contributed by atoms with Crippen molar-refractivity contribution in [2.24, 2.45) is 0 Å². The largest absolute Gasteiger partial charge is 0.452 e. The van der Waals surface area contributed by atoms with Crippen molar-refractivity contribution >= 4 is 29.4 Å². The monoisotopic (exact) mass is 434 g/mol. The molecule has 1 atom stereocenters. The van der Waals surface area contributed by atoms with Gasteiger partial charge in [0.05, 0.1) is 29.3 Å². The molecule has 8 heteroatoms. The molecule has 0 saturated carbocycles. The van der Waals surface area contributed by atoms with E-state index in [-0.39, 0.29) is 41.2 Å². The average molecular weight is 434 g/mol. The zero-order valence-corrected chi connectivity index (χ0v) is 17.4. The minimum atomic E-state index is -0.716. The summed E-state index contributed by atoms with van der Waals surface area (Å²) in [5, 5.41) is 0. The third-order valence-corrected chi connectivity index (χ3v) is 6.13. The molecule has 0 N–H and O–H groups in total. The van der Waals surface area contributed by atoms with Crippen molar-refractivity contribution in [3.63, 3.8) is 0 Å². The van der Waals surface area contributed by atoms with Gasteiger partial charge in [-0.3, -0.25) is 19.3 Å². The number of esters is 1. The lowest BCUT2D eigenvalue weighted by Gasteiger charge is -2.17. The van der Waals surface area contributed by atoms with E-state index in [9.17, 15) is 19.2 Å². The smallest absolute Gasteiger partial charge is 0.338 e. The molecule has 3 amide bonds. The second-order valence-corrected chi connectivity index (χ2v) is 8.12. The number of carbonyl (C=O) groups excluding carboxylic acids is 4. The van der Waals surface area contributed by atoms with Crippen LogP contribution < -0.4 is 4.90 Å². The van der Waals surface area contributed by atoms with E-state index in [1.165, 1.54) is 23.1 Å². The van der Waals surface area contributed by atoms with Crippen molar-refractivity contribution in [3.8, 4) is 0 Å². The number of amides is 3. The fourth-order valence-electron chi connectivity index (χ4n) is 4.46. The standard InChI is InChI=1S/C24H22N2O6/c27-21(25-10-9-15-4-1-2-6-20(15)25)14-32-24(30)16-7-8-18-19(12-16)23(29)26(22(18)28)13-17-5-3-11-31-17/h1-2,4,6-8,12,17H,3,5,9-11,13-14H2. The summed E-state index contributed by atoms with van der Waals surface area (Å²) < 4.78 is 10.7. The maximum atomic E-state index is 12.8. The fourth-order valence-corrected chi connectivity index (χ4v) is 4.46. The summed E-state index contributed by atoms with van der Waals surface area (Å²) in [7, 11) is 0. The fraction of sp³-hybridized carbons (Fsp3) is 0.333. The Balaban J connectivity index is 1.24. The first kappa shape index (κ1) is 20.4. The molecule has 3 heterocycles. The van der Waals surface area contributed by atoms with Gasteiger partial charge in [0.15, 0.2) is 6.61 Å². The molecule has 164 valence electrons. The van der Waals surface area contributed by atoms with Gasteiger partial charge in [-0.05, 0) is 49.1 Å². The number of fused-ring (bicyclic) bond motifs is 2. The summed E-state index contributed by atoms with van der Waals surface area (Å²) >= 11 is 0. The summed E-state index contributed by atoms with van der Waals surface area (Å²) in [6.45, 7) is 0.984. The van der Waals surface area contributed by atoms with Gasteiger partial charge in [-0.15, -0.1) is 0 Å². The van der Waals surface area contributed by atoms with Gasteiger partial charge in [-0.1, -0.05) is 18.2 Å². The number of benzene rings is 2. The minimum Gasteiger partial charge on any atom is -0.452 e. The number of hydrogen-bond acceptors (Lipinski definition) is 6. The van der Waals surface area contributed by atoms with E-state index in [1.807, 2.05) is 24.3 Å². The highest BCUT2D eigenvalue weighted by atomic mass is 16.5. The molecule has 0 spiro atoms. The van der Waals surface area contributed by atoms with Crippen LogP contribution in [0.4, 0.5) is 5.69 Å². The van der Waals surface area contributed by atoms with Gasteiger partial charge in [-0.2, -0.15) is 0 Å². The molecule has 5 rings (SSSR count). The van der Waals surface area contributed by atoms with Crippen LogP contribution in [0, 0.1) is 0 Å². The highest BCUT2D eigenvalue weighted by Gasteiger charge is 2.38. The number of hydrogen-bond donors (Lipinski definition) is 0. The number of ether oxygens (including phenoxy) is 2. The summed E-state index contributed by atoms with van der Waals surface area (Å²) in [6.07, 6.45) is 2.33. The van der Waals surface area contributed by atoms with E-state index < -0.39 is 18.5 Å². The molecular weight excluding hydrogens is 412 g/mol. The maximum Gasteiger partial charge on any atom is 0.338 e. The summed E-state index contributed by atoms with van der Waals surface area (Å²) in [4.78, 5) is 53.3. The summed E-state index contributed by atoms with van der Waals surface area (Å²) in [5.41, 5.74) is 2.47. The first-order valence-corrected chi connectivity index (χ1v) is 10.7. The van der Waals surface area contributed by atoms with Crippen LogP contribution in [-0.4, -0.2) is 61.0 Å².